The molecule has 2 N–H and O–H groups in total. The molecule has 0 bridgehead atoms. The normalized spacial score (nSPS) is 14.2. The topological polar surface area (TPSA) is 70.9 Å². The summed E-state index contributed by atoms with van der Waals surface area (Å²) in [5.74, 6) is 0.356. The van der Waals surface area contributed by atoms with Crippen LogP contribution in [0, 0.1) is 0 Å². The average molecular weight is 358 g/mol. The summed E-state index contributed by atoms with van der Waals surface area (Å²) >= 11 is 1.44. The minimum absolute atomic E-state index is 0.00226. The molecule has 9 heteroatoms. The van der Waals surface area contributed by atoms with Gasteiger partial charge in [0.15, 0.2) is 11.5 Å². The van der Waals surface area contributed by atoms with E-state index in [4.69, 9.17) is 0 Å². The molecule has 24 heavy (non-hydrogen) atoms. The molecule has 2 heterocycles. The highest BCUT2D eigenvalue weighted by Crippen LogP contribution is 2.30. The van der Waals surface area contributed by atoms with Gasteiger partial charge in [-0.1, -0.05) is 0 Å². The quantitative estimate of drug-likeness (QED) is 0.827. The van der Waals surface area contributed by atoms with Crippen molar-refractivity contribution >= 4 is 17.6 Å². The maximum Gasteiger partial charge on any atom is 0.433 e. The van der Waals surface area contributed by atoms with Gasteiger partial charge in [-0.15, -0.1) is 0 Å². The third kappa shape index (κ3) is 5.07. The summed E-state index contributed by atoms with van der Waals surface area (Å²) in [4.78, 5) is 11.5. The lowest BCUT2D eigenvalue weighted by molar-refractivity contribution is -0.141. The Bertz CT molecular complexity index is 680. The molecule has 1 atom stereocenters. The van der Waals surface area contributed by atoms with Gasteiger partial charge < -0.3 is 10.4 Å². The first-order chi connectivity index (χ1) is 11.2. The Labute approximate surface area is 141 Å². The number of hydrogen-bond acceptors (Lipinski definition) is 6. The van der Waals surface area contributed by atoms with Gasteiger partial charge in [-0.2, -0.15) is 24.9 Å². The number of anilines is 1. The lowest BCUT2D eigenvalue weighted by Crippen LogP contribution is -2.36. The zero-order valence-electron chi connectivity index (χ0n) is 13.1. The van der Waals surface area contributed by atoms with Gasteiger partial charge in [0.25, 0.3) is 0 Å². The fourth-order valence-electron chi connectivity index (χ4n) is 1.95. The van der Waals surface area contributed by atoms with Gasteiger partial charge in [0.1, 0.15) is 5.82 Å². The van der Waals surface area contributed by atoms with Crippen LogP contribution in [0.5, 0.6) is 0 Å². The van der Waals surface area contributed by atoms with Crippen molar-refractivity contribution in [1.29, 1.82) is 0 Å². The zero-order chi connectivity index (χ0) is 17.8. The molecule has 2 rings (SSSR count). The third-order valence-electron chi connectivity index (χ3n) is 3.04. The van der Waals surface area contributed by atoms with Crippen molar-refractivity contribution in [1.82, 2.24) is 15.0 Å². The summed E-state index contributed by atoms with van der Waals surface area (Å²) in [7, 11) is 0. The number of nitrogens with zero attached hydrogens (tertiary/aromatic N) is 3. The van der Waals surface area contributed by atoms with Gasteiger partial charge in [-0.25, -0.2) is 9.97 Å². The van der Waals surface area contributed by atoms with Crippen LogP contribution in [-0.4, -0.2) is 44.2 Å². The van der Waals surface area contributed by atoms with E-state index in [1.807, 2.05) is 6.26 Å². The summed E-state index contributed by atoms with van der Waals surface area (Å²) < 4.78 is 39.2. The number of thioether (sulfide) groups is 1. The largest absolute Gasteiger partial charge is 0.433 e. The van der Waals surface area contributed by atoms with Gasteiger partial charge in [0.2, 0.25) is 0 Å². The Balaban J connectivity index is 2.34. The number of hydrogen-bond donors (Lipinski definition) is 2. The minimum Gasteiger partial charge on any atom is -0.387 e. The smallest absolute Gasteiger partial charge is 0.387 e. The molecule has 2 aromatic rings. The van der Waals surface area contributed by atoms with Crippen molar-refractivity contribution < 1.29 is 18.3 Å². The van der Waals surface area contributed by atoms with E-state index in [0.717, 1.165) is 6.07 Å². The molecule has 0 spiro atoms. The van der Waals surface area contributed by atoms with E-state index in [-0.39, 0.29) is 18.2 Å². The second-order valence-electron chi connectivity index (χ2n) is 5.48. The second kappa shape index (κ2) is 7.35. The Morgan fingerprint density at radius 3 is 2.62 bits per heavy atom. The number of pyridine rings is 1. The lowest BCUT2D eigenvalue weighted by Gasteiger charge is -2.23. The van der Waals surface area contributed by atoms with Crippen molar-refractivity contribution in [3.8, 4) is 11.4 Å². The standard InChI is InChI=1S/C15H17F3N4OS/c1-14(23,9-24-2)8-20-12-6-11(15(16,17)18)21-13(22-12)10-4-3-5-19-7-10/h3-7,23H,8-9H2,1-2H3,(H,20,21,22). The van der Waals surface area contributed by atoms with Crippen LogP contribution < -0.4 is 5.32 Å². The summed E-state index contributed by atoms with van der Waals surface area (Å²) in [6.07, 6.45) is 0.137. The van der Waals surface area contributed by atoms with Crippen molar-refractivity contribution in [2.24, 2.45) is 0 Å². The molecule has 130 valence electrons. The Kier molecular flexibility index (Phi) is 5.66. The average Bonchev–Trinajstić information content (AvgIpc) is 2.53. The second-order valence-corrected chi connectivity index (χ2v) is 6.35. The van der Waals surface area contributed by atoms with E-state index in [9.17, 15) is 18.3 Å². The van der Waals surface area contributed by atoms with Crippen LogP contribution in [0.3, 0.4) is 0 Å². The number of aromatic nitrogens is 3. The monoisotopic (exact) mass is 358 g/mol. The minimum atomic E-state index is -4.60. The lowest BCUT2D eigenvalue weighted by atomic mass is 10.1. The van der Waals surface area contributed by atoms with Crippen LogP contribution in [0.2, 0.25) is 0 Å². The van der Waals surface area contributed by atoms with E-state index in [0.29, 0.717) is 11.3 Å². The highest BCUT2D eigenvalue weighted by Gasteiger charge is 2.34. The molecule has 5 nitrogen and oxygen atoms in total. The summed E-state index contributed by atoms with van der Waals surface area (Å²) in [5.41, 5.74) is -1.75. The highest BCUT2D eigenvalue weighted by atomic mass is 32.2. The van der Waals surface area contributed by atoms with E-state index in [1.54, 1.807) is 19.1 Å². The van der Waals surface area contributed by atoms with Crippen molar-refractivity contribution in [2.75, 3.05) is 23.9 Å². The predicted octanol–water partition coefficient (Wildman–Crippen LogP) is 3.08. The van der Waals surface area contributed by atoms with Crippen LogP contribution in [0.1, 0.15) is 12.6 Å². The number of alkyl halides is 3. The first-order valence-corrected chi connectivity index (χ1v) is 8.42. The van der Waals surface area contributed by atoms with Gasteiger partial charge in [0.05, 0.1) is 5.60 Å². The Morgan fingerprint density at radius 2 is 2.04 bits per heavy atom. The SMILES string of the molecule is CSCC(C)(O)CNc1cc(C(F)(F)F)nc(-c2cccnc2)n1. The molecule has 0 amide bonds. The van der Waals surface area contributed by atoms with Gasteiger partial charge in [-0.05, 0) is 25.3 Å². The van der Waals surface area contributed by atoms with Crippen LogP contribution in [0.25, 0.3) is 11.4 Å². The predicted molar refractivity (Wildman–Crippen MR) is 87.8 cm³/mol. The van der Waals surface area contributed by atoms with E-state index < -0.39 is 17.5 Å². The van der Waals surface area contributed by atoms with Gasteiger partial charge in [-0.3, -0.25) is 4.98 Å². The number of aliphatic hydroxyl groups is 1. The van der Waals surface area contributed by atoms with E-state index in [2.05, 4.69) is 20.3 Å². The third-order valence-corrected chi connectivity index (χ3v) is 3.95. The molecule has 0 aliphatic carbocycles. The van der Waals surface area contributed by atoms with Crippen LogP contribution >= 0.6 is 11.8 Å². The fraction of sp³-hybridized carbons (Fsp3) is 0.400. The van der Waals surface area contributed by atoms with Crippen molar-refractivity contribution in [3.05, 3.63) is 36.3 Å². The van der Waals surface area contributed by atoms with Gasteiger partial charge >= 0.3 is 6.18 Å². The highest BCUT2D eigenvalue weighted by molar-refractivity contribution is 7.98. The summed E-state index contributed by atoms with van der Waals surface area (Å²) in [5, 5.41) is 12.9. The fourth-order valence-corrected chi connectivity index (χ4v) is 2.67. The molecule has 2 aromatic heterocycles. The first-order valence-electron chi connectivity index (χ1n) is 7.03. The van der Waals surface area contributed by atoms with Gasteiger partial charge in [0, 0.05) is 36.3 Å². The Hall–Kier alpha value is -1.87. The van der Waals surface area contributed by atoms with Crippen LogP contribution in [-0.2, 0) is 6.18 Å². The zero-order valence-corrected chi connectivity index (χ0v) is 13.9. The van der Waals surface area contributed by atoms with Crippen molar-refractivity contribution in [3.63, 3.8) is 0 Å². The molecule has 1 unspecified atom stereocenters. The number of halogens is 3. The molecule has 0 radical (unpaired) electrons. The molecular weight excluding hydrogens is 341 g/mol. The molecule has 0 aromatic carbocycles. The molecule has 0 aliphatic rings. The maximum atomic E-state index is 13.1. The van der Waals surface area contributed by atoms with Crippen LogP contribution in [0.15, 0.2) is 30.6 Å². The molecule has 0 saturated carbocycles. The Morgan fingerprint density at radius 1 is 1.29 bits per heavy atom. The molecular formula is C15H17F3N4OS. The summed E-state index contributed by atoms with van der Waals surface area (Å²) in [6.45, 7) is 1.67. The molecule has 0 aliphatic heterocycles. The van der Waals surface area contributed by atoms with E-state index in [1.165, 1.54) is 24.2 Å². The summed E-state index contributed by atoms with van der Waals surface area (Å²) in [6, 6.07) is 4.00. The number of rotatable bonds is 6. The maximum absolute atomic E-state index is 13.1. The number of nitrogens with one attached hydrogen (secondary N) is 1. The molecule has 0 fully saturated rings. The van der Waals surface area contributed by atoms with Crippen molar-refractivity contribution in [2.45, 2.75) is 18.7 Å². The first kappa shape index (κ1) is 18.5. The van der Waals surface area contributed by atoms with E-state index >= 15 is 0 Å². The van der Waals surface area contributed by atoms with Crippen LogP contribution in [0.4, 0.5) is 19.0 Å². The molecule has 0 saturated heterocycles.